The summed E-state index contributed by atoms with van der Waals surface area (Å²) in [5.41, 5.74) is 2.18. The average molecular weight is 315 g/mol. The van der Waals surface area contributed by atoms with Crippen LogP contribution in [-0.4, -0.2) is 23.4 Å². The predicted molar refractivity (Wildman–Crippen MR) is 88.9 cm³/mol. The first-order valence-electron chi connectivity index (χ1n) is 6.95. The number of hydrogen-bond acceptors (Lipinski definition) is 2. The molecule has 0 spiro atoms. The van der Waals surface area contributed by atoms with Crippen molar-refractivity contribution in [1.82, 2.24) is 4.98 Å². The maximum absolute atomic E-state index is 12.5. The van der Waals surface area contributed by atoms with Gasteiger partial charge < -0.3 is 15.0 Å². The third kappa shape index (κ3) is 2.92. The van der Waals surface area contributed by atoms with Crippen LogP contribution in [0, 0.1) is 0 Å². The molecule has 0 aliphatic carbocycles. The number of aromatic amines is 1. The number of ether oxygens (including phenoxy) is 1. The van der Waals surface area contributed by atoms with Gasteiger partial charge in [-0.3, -0.25) is 4.79 Å². The van der Waals surface area contributed by atoms with Crippen LogP contribution in [0.25, 0.3) is 10.9 Å². The topological polar surface area (TPSA) is 54.1 Å². The molecule has 1 amide bonds. The maximum Gasteiger partial charge on any atom is 0.256 e. The molecule has 0 saturated carbocycles. The molecule has 2 N–H and O–H groups in total. The van der Waals surface area contributed by atoms with Crippen LogP contribution in [-0.2, 0) is 0 Å². The number of fused-ring (bicyclic) bond motifs is 1. The lowest BCUT2D eigenvalue weighted by Crippen LogP contribution is -2.13. The summed E-state index contributed by atoms with van der Waals surface area (Å²) in [4.78, 5) is 15.6. The molecule has 4 nitrogen and oxygen atoms in total. The molecule has 0 bridgehead atoms. The molecular formula is C17H15ClN2O2. The molecule has 0 unspecified atom stereocenters. The number of anilines is 1. The molecular weight excluding hydrogens is 300 g/mol. The molecule has 0 aliphatic rings. The van der Waals surface area contributed by atoms with Crippen molar-refractivity contribution in [3.05, 3.63) is 60.3 Å². The van der Waals surface area contributed by atoms with Crippen molar-refractivity contribution in [3.63, 3.8) is 0 Å². The van der Waals surface area contributed by atoms with Crippen molar-refractivity contribution in [2.45, 2.75) is 0 Å². The lowest BCUT2D eigenvalue weighted by Gasteiger charge is -2.12. The van der Waals surface area contributed by atoms with E-state index >= 15 is 0 Å². The number of halogens is 1. The highest BCUT2D eigenvalue weighted by atomic mass is 35.5. The minimum atomic E-state index is -0.174. The number of nitrogens with one attached hydrogen (secondary N) is 2. The smallest absolute Gasteiger partial charge is 0.256 e. The summed E-state index contributed by atoms with van der Waals surface area (Å²) in [6, 6.07) is 14.8. The van der Waals surface area contributed by atoms with Gasteiger partial charge in [0.05, 0.1) is 11.6 Å². The highest BCUT2D eigenvalue weighted by Crippen LogP contribution is 2.25. The zero-order valence-corrected chi connectivity index (χ0v) is 12.6. The number of carbonyl (C=O) groups is 1. The van der Waals surface area contributed by atoms with E-state index in [0.29, 0.717) is 29.5 Å². The van der Waals surface area contributed by atoms with E-state index in [0.717, 1.165) is 10.9 Å². The van der Waals surface area contributed by atoms with E-state index in [4.69, 9.17) is 16.3 Å². The molecule has 0 aliphatic heterocycles. The van der Waals surface area contributed by atoms with E-state index in [9.17, 15) is 4.79 Å². The molecule has 0 saturated heterocycles. The second-order valence-electron chi connectivity index (χ2n) is 4.73. The summed E-state index contributed by atoms with van der Waals surface area (Å²) in [5.74, 6) is 0.829. The zero-order valence-electron chi connectivity index (χ0n) is 11.8. The van der Waals surface area contributed by atoms with Crippen LogP contribution in [0.1, 0.15) is 10.4 Å². The summed E-state index contributed by atoms with van der Waals surface area (Å²) in [6.45, 7) is 0.391. The molecule has 5 heteroatoms. The Balaban J connectivity index is 1.87. The van der Waals surface area contributed by atoms with Crippen LogP contribution in [0.15, 0.2) is 54.7 Å². The Labute approximate surface area is 133 Å². The lowest BCUT2D eigenvalue weighted by molar-refractivity contribution is 0.102. The summed E-state index contributed by atoms with van der Waals surface area (Å²) in [6.07, 6.45) is 1.82. The highest BCUT2D eigenvalue weighted by molar-refractivity contribution is 6.18. The minimum Gasteiger partial charge on any atom is -0.490 e. The quantitative estimate of drug-likeness (QED) is 0.698. The number of benzene rings is 2. The van der Waals surface area contributed by atoms with Crippen LogP contribution in [0.4, 0.5) is 5.69 Å². The summed E-state index contributed by atoms with van der Waals surface area (Å²) in [7, 11) is 0. The number of amides is 1. The molecule has 1 aromatic heterocycles. The van der Waals surface area contributed by atoms with Gasteiger partial charge in [0, 0.05) is 22.7 Å². The third-order valence-electron chi connectivity index (χ3n) is 3.31. The maximum atomic E-state index is 12.5. The molecule has 0 radical (unpaired) electrons. The van der Waals surface area contributed by atoms with Gasteiger partial charge >= 0.3 is 0 Å². The van der Waals surface area contributed by atoms with Gasteiger partial charge in [-0.1, -0.05) is 18.2 Å². The van der Waals surface area contributed by atoms with Gasteiger partial charge in [-0.2, -0.15) is 0 Å². The molecule has 1 heterocycles. The van der Waals surface area contributed by atoms with Crippen molar-refractivity contribution >= 4 is 34.1 Å². The first-order valence-corrected chi connectivity index (χ1v) is 7.48. The van der Waals surface area contributed by atoms with Gasteiger partial charge in [-0.15, -0.1) is 11.6 Å². The molecule has 3 rings (SSSR count). The Morgan fingerprint density at radius 3 is 2.86 bits per heavy atom. The Kier molecular flexibility index (Phi) is 4.30. The van der Waals surface area contributed by atoms with E-state index in [1.807, 2.05) is 36.5 Å². The van der Waals surface area contributed by atoms with Crippen molar-refractivity contribution < 1.29 is 9.53 Å². The van der Waals surface area contributed by atoms with Crippen molar-refractivity contribution in [2.75, 3.05) is 17.8 Å². The standard InChI is InChI=1S/C17H15ClN2O2/c18-9-11-22-16-7-2-1-5-15(16)20-17(21)13-4-3-6-14-12(13)8-10-19-14/h1-8,10,19H,9,11H2,(H,20,21). The zero-order chi connectivity index (χ0) is 15.4. The van der Waals surface area contributed by atoms with Gasteiger partial charge in [0.1, 0.15) is 12.4 Å². The Bertz CT molecular complexity index is 798. The fraction of sp³-hybridized carbons (Fsp3) is 0.118. The van der Waals surface area contributed by atoms with Crippen LogP contribution >= 0.6 is 11.6 Å². The monoisotopic (exact) mass is 314 g/mol. The SMILES string of the molecule is O=C(Nc1ccccc1OCCCl)c1cccc2[nH]ccc12. The Morgan fingerprint density at radius 1 is 1.14 bits per heavy atom. The third-order valence-corrected chi connectivity index (χ3v) is 3.46. The van der Waals surface area contributed by atoms with Crippen molar-refractivity contribution in [1.29, 1.82) is 0 Å². The molecule has 0 fully saturated rings. The van der Waals surface area contributed by atoms with Crippen LogP contribution < -0.4 is 10.1 Å². The normalized spacial score (nSPS) is 10.6. The number of carbonyl (C=O) groups excluding carboxylic acids is 1. The number of hydrogen-bond donors (Lipinski definition) is 2. The molecule has 112 valence electrons. The number of aromatic nitrogens is 1. The summed E-state index contributed by atoms with van der Waals surface area (Å²) >= 11 is 5.64. The molecule has 22 heavy (non-hydrogen) atoms. The second kappa shape index (κ2) is 6.54. The number of H-pyrrole nitrogens is 1. The van der Waals surface area contributed by atoms with Gasteiger partial charge in [0.2, 0.25) is 0 Å². The van der Waals surface area contributed by atoms with E-state index in [1.54, 1.807) is 18.2 Å². The summed E-state index contributed by atoms with van der Waals surface area (Å²) < 4.78 is 5.54. The molecule has 2 aromatic carbocycles. The van der Waals surface area contributed by atoms with E-state index in [-0.39, 0.29) is 5.91 Å². The van der Waals surface area contributed by atoms with Gasteiger partial charge in [0.25, 0.3) is 5.91 Å². The van der Waals surface area contributed by atoms with Crippen LogP contribution in [0.3, 0.4) is 0 Å². The second-order valence-corrected chi connectivity index (χ2v) is 5.11. The van der Waals surface area contributed by atoms with E-state index < -0.39 is 0 Å². The van der Waals surface area contributed by atoms with Crippen LogP contribution in [0.5, 0.6) is 5.75 Å². The van der Waals surface area contributed by atoms with E-state index in [1.165, 1.54) is 0 Å². The number of alkyl halides is 1. The first-order chi connectivity index (χ1) is 10.8. The Morgan fingerprint density at radius 2 is 2.00 bits per heavy atom. The van der Waals surface area contributed by atoms with Gasteiger partial charge in [-0.05, 0) is 30.3 Å². The summed E-state index contributed by atoms with van der Waals surface area (Å²) in [5, 5.41) is 3.78. The lowest BCUT2D eigenvalue weighted by atomic mass is 10.1. The fourth-order valence-electron chi connectivity index (χ4n) is 2.32. The van der Waals surface area contributed by atoms with Crippen LogP contribution in [0.2, 0.25) is 0 Å². The van der Waals surface area contributed by atoms with Crippen molar-refractivity contribution in [2.24, 2.45) is 0 Å². The van der Waals surface area contributed by atoms with Gasteiger partial charge in [-0.25, -0.2) is 0 Å². The molecule has 0 atom stereocenters. The fourth-order valence-corrected chi connectivity index (χ4v) is 2.39. The van der Waals surface area contributed by atoms with Gasteiger partial charge in [0.15, 0.2) is 0 Å². The molecule has 3 aromatic rings. The van der Waals surface area contributed by atoms with Crippen molar-refractivity contribution in [3.8, 4) is 5.75 Å². The average Bonchev–Trinajstić information content (AvgIpc) is 3.02. The first kappa shape index (κ1) is 14.5. The minimum absolute atomic E-state index is 0.174. The predicted octanol–water partition coefficient (Wildman–Crippen LogP) is 4.04. The number of para-hydroxylation sites is 2. The largest absolute Gasteiger partial charge is 0.490 e. The van der Waals surface area contributed by atoms with E-state index in [2.05, 4.69) is 10.3 Å². The highest BCUT2D eigenvalue weighted by Gasteiger charge is 2.12. The number of rotatable bonds is 5. The Hall–Kier alpha value is -2.46.